The molecule has 0 saturated heterocycles. The van der Waals surface area contributed by atoms with Crippen molar-refractivity contribution in [1.82, 2.24) is 20.0 Å². The van der Waals surface area contributed by atoms with Crippen LogP contribution in [-0.4, -0.2) is 34.3 Å². The lowest BCUT2D eigenvalue weighted by Gasteiger charge is -2.03. The Bertz CT molecular complexity index is 882. The Labute approximate surface area is 145 Å². The number of aromatic nitrogens is 2. The molecule has 0 fully saturated rings. The Morgan fingerprint density at radius 3 is 3.00 bits per heavy atom. The number of furan rings is 1. The van der Waals surface area contributed by atoms with Gasteiger partial charge in [-0.3, -0.25) is 14.0 Å². The molecule has 0 aromatic carbocycles. The lowest BCUT2D eigenvalue weighted by molar-refractivity contribution is -0.116. The number of halogens is 1. The molecule has 0 unspecified atom stereocenters. The van der Waals surface area contributed by atoms with E-state index >= 15 is 0 Å². The van der Waals surface area contributed by atoms with Crippen molar-refractivity contribution in [2.24, 2.45) is 0 Å². The van der Waals surface area contributed by atoms with Gasteiger partial charge in [-0.1, -0.05) is 11.6 Å². The standard InChI is InChI=1S/C15H13ClN4O3S/c16-13-10(20-7-9-24-15(20)19-13)3-4-12(21)17-5-6-18-14(22)11-2-1-8-23-11/h1-4,7-9H,5-6H2,(H,17,21)(H,18,22)/b4-3+. The van der Waals surface area contributed by atoms with Gasteiger partial charge in [-0.15, -0.1) is 11.3 Å². The fraction of sp³-hybridized carbons (Fsp3) is 0.133. The van der Waals surface area contributed by atoms with Crippen LogP contribution in [0.15, 0.2) is 40.5 Å². The van der Waals surface area contributed by atoms with Crippen molar-refractivity contribution < 1.29 is 14.0 Å². The van der Waals surface area contributed by atoms with Crippen molar-refractivity contribution in [3.05, 3.63) is 52.7 Å². The van der Waals surface area contributed by atoms with Gasteiger partial charge in [0.2, 0.25) is 5.91 Å². The van der Waals surface area contributed by atoms with E-state index in [1.807, 2.05) is 11.6 Å². The number of fused-ring (bicyclic) bond motifs is 1. The van der Waals surface area contributed by atoms with Crippen LogP contribution in [-0.2, 0) is 4.79 Å². The predicted octanol–water partition coefficient (Wildman–Crippen LogP) is 2.20. The second-order valence-electron chi connectivity index (χ2n) is 4.70. The number of carbonyl (C=O) groups is 2. The first-order valence-electron chi connectivity index (χ1n) is 7.04. The van der Waals surface area contributed by atoms with Crippen molar-refractivity contribution in [2.45, 2.75) is 0 Å². The summed E-state index contributed by atoms with van der Waals surface area (Å²) >= 11 is 7.50. The van der Waals surface area contributed by atoms with E-state index in [0.717, 1.165) is 4.96 Å². The fourth-order valence-electron chi connectivity index (χ4n) is 2.00. The third-order valence-electron chi connectivity index (χ3n) is 3.10. The minimum Gasteiger partial charge on any atom is -0.459 e. The van der Waals surface area contributed by atoms with Gasteiger partial charge >= 0.3 is 0 Å². The van der Waals surface area contributed by atoms with Crippen LogP contribution in [0.25, 0.3) is 11.0 Å². The van der Waals surface area contributed by atoms with Crippen LogP contribution >= 0.6 is 22.9 Å². The molecule has 2 N–H and O–H groups in total. The van der Waals surface area contributed by atoms with Crippen LogP contribution < -0.4 is 10.6 Å². The number of carbonyl (C=O) groups excluding carboxylic acids is 2. The number of rotatable bonds is 6. The smallest absolute Gasteiger partial charge is 0.287 e. The summed E-state index contributed by atoms with van der Waals surface area (Å²) < 4.78 is 6.77. The molecule has 124 valence electrons. The van der Waals surface area contributed by atoms with E-state index in [1.54, 1.807) is 22.6 Å². The van der Waals surface area contributed by atoms with Crippen molar-refractivity contribution in [2.75, 3.05) is 13.1 Å². The van der Waals surface area contributed by atoms with E-state index in [2.05, 4.69) is 15.6 Å². The van der Waals surface area contributed by atoms with E-state index in [4.69, 9.17) is 16.0 Å². The highest BCUT2D eigenvalue weighted by Gasteiger charge is 2.09. The van der Waals surface area contributed by atoms with Crippen LogP contribution in [0.1, 0.15) is 16.2 Å². The average molecular weight is 365 g/mol. The lowest BCUT2D eigenvalue weighted by Crippen LogP contribution is -2.33. The van der Waals surface area contributed by atoms with Gasteiger partial charge in [-0.2, -0.15) is 0 Å². The van der Waals surface area contributed by atoms with E-state index in [-0.39, 0.29) is 17.6 Å². The maximum atomic E-state index is 11.8. The predicted molar refractivity (Wildman–Crippen MR) is 91.2 cm³/mol. The molecule has 2 amide bonds. The first kappa shape index (κ1) is 16.3. The molecule has 0 saturated carbocycles. The molecule has 0 spiro atoms. The molecular formula is C15H13ClN4O3S. The molecule has 7 nitrogen and oxygen atoms in total. The number of nitrogens with one attached hydrogen (secondary N) is 2. The molecule has 0 aliphatic rings. The molecular weight excluding hydrogens is 352 g/mol. The van der Waals surface area contributed by atoms with Gasteiger partial charge in [-0.05, 0) is 18.2 Å². The highest BCUT2D eigenvalue weighted by molar-refractivity contribution is 7.15. The summed E-state index contributed by atoms with van der Waals surface area (Å²) in [6.07, 6.45) is 6.24. The minimum absolute atomic E-state index is 0.233. The Morgan fingerprint density at radius 2 is 2.21 bits per heavy atom. The molecule has 9 heteroatoms. The molecule has 0 aliphatic carbocycles. The molecule has 3 rings (SSSR count). The fourth-order valence-corrected chi connectivity index (χ4v) is 3.00. The maximum Gasteiger partial charge on any atom is 0.287 e. The van der Waals surface area contributed by atoms with Gasteiger partial charge in [0.1, 0.15) is 0 Å². The van der Waals surface area contributed by atoms with Crippen LogP contribution in [0.5, 0.6) is 0 Å². The van der Waals surface area contributed by atoms with Crippen molar-refractivity contribution >= 4 is 45.8 Å². The Hall–Kier alpha value is -2.58. The molecule has 3 aromatic heterocycles. The monoisotopic (exact) mass is 364 g/mol. The zero-order valence-corrected chi connectivity index (χ0v) is 13.9. The maximum absolute atomic E-state index is 11.8. The summed E-state index contributed by atoms with van der Waals surface area (Å²) in [6, 6.07) is 3.20. The Kier molecular flexibility index (Phi) is 4.97. The van der Waals surface area contributed by atoms with E-state index in [9.17, 15) is 9.59 Å². The van der Waals surface area contributed by atoms with Crippen LogP contribution in [0.2, 0.25) is 5.15 Å². The van der Waals surface area contributed by atoms with Gasteiger partial charge < -0.3 is 15.1 Å². The summed E-state index contributed by atoms with van der Waals surface area (Å²) in [6.45, 7) is 0.588. The first-order chi connectivity index (χ1) is 11.6. The second kappa shape index (κ2) is 7.33. The topological polar surface area (TPSA) is 88.6 Å². The van der Waals surface area contributed by atoms with Gasteiger partial charge in [0.25, 0.3) is 5.91 Å². The summed E-state index contributed by atoms with van der Waals surface area (Å²) in [5.74, 6) is -0.379. The number of hydrogen-bond donors (Lipinski definition) is 2. The van der Waals surface area contributed by atoms with Gasteiger partial charge in [0, 0.05) is 30.7 Å². The number of nitrogens with zero attached hydrogens (tertiary/aromatic N) is 2. The van der Waals surface area contributed by atoms with Gasteiger partial charge in [0.05, 0.1) is 12.0 Å². The molecule has 3 heterocycles. The third kappa shape index (κ3) is 3.66. The number of hydrogen-bond acceptors (Lipinski definition) is 5. The second-order valence-corrected chi connectivity index (χ2v) is 5.93. The molecule has 3 aromatic rings. The third-order valence-corrected chi connectivity index (χ3v) is 4.14. The highest BCUT2D eigenvalue weighted by atomic mass is 35.5. The molecule has 0 aliphatic heterocycles. The summed E-state index contributed by atoms with van der Waals surface area (Å²) in [5, 5.41) is 7.53. The number of thiazole rings is 1. The molecule has 0 bridgehead atoms. The van der Waals surface area contributed by atoms with E-state index < -0.39 is 0 Å². The normalized spacial score (nSPS) is 11.2. The summed E-state index contributed by atoms with van der Waals surface area (Å²) in [5.41, 5.74) is 0.647. The van der Waals surface area contributed by atoms with Crippen molar-refractivity contribution in [3.63, 3.8) is 0 Å². The van der Waals surface area contributed by atoms with Crippen LogP contribution in [0.3, 0.4) is 0 Å². The minimum atomic E-state index is -0.323. The van der Waals surface area contributed by atoms with Gasteiger partial charge in [-0.25, -0.2) is 4.98 Å². The van der Waals surface area contributed by atoms with Gasteiger partial charge in [0.15, 0.2) is 15.9 Å². The van der Waals surface area contributed by atoms with E-state index in [0.29, 0.717) is 23.9 Å². The molecule has 24 heavy (non-hydrogen) atoms. The zero-order chi connectivity index (χ0) is 16.9. The largest absolute Gasteiger partial charge is 0.459 e. The van der Waals surface area contributed by atoms with Crippen LogP contribution in [0, 0.1) is 0 Å². The summed E-state index contributed by atoms with van der Waals surface area (Å²) in [4.78, 5) is 28.4. The Balaban J connectivity index is 1.46. The number of imidazole rings is 1. The molecule has 0 radical (unpaired) electrons. The Morgan fingerprint density at radius 1 is 1.38 bits per heavy atom. The average Bonchev–Trinajstić information content (AvgIpc) is 3.27. The number of amides is 2. The van der Waals surface area contributed by atoms with E-state index in [1.165, 1.54) is 23.7 Å². The SMILES string of the molecule is O=C(/C=C/c1c(Cl)nc2sccn12)NCCNC(=O)c1ccco1. The summed E-state index contributed by atoms with van der Waals surface area (Å²) in [7, 11) is 0. The van der Waals surface area contributed by atoms with Crippen molar-refractivity contribution in [1.29, 1.82) is 0 Å². The first-order valence-corrected chi connectivity index (χ1v) is 8.29. The molecule has 0 atom stereocenters. The highest BCUT2D eigenvalue weighted by Crippen LogP contribution is 2.22. The van der Waals surface area contributed by atoms with Crippen molar-refractivity contribution in [3.8, 4) is 0 Å². The zero-order valence-electron chi connectivity index (χ0n) is 12.4. The quantitative estimate of drug-likeness (QED) is 0.518. The van der Waals surface area contributed by atoms with Crippen LogP contribution in [0.4, 0.5) is 0 Å². The lowest BCUT2D eigenvalue weighted by atomic mass is 10.4.